The lowest BCUT2D eigenvalue weighted by atomic mass is 9.69. The molecule has 1 amide bonds. The minimum Gasteiger partial charge on any atom is -0.465 e. The number of para-hydroxylation sites is 1. The first-order valence-electron chi connectivity index (χ1n) is 12.8. The third-order valence-electron chi connectivity index (χ3n) is 7.93. The summed E-state index contributed by atoms with van der Waals surface area (Å²) in [6.45, 7) is 6.87. The van der Waals surface area contributed by atoms with Gasteiger partial charge in [0, 0.05) is 15.8 Å². The van der Waals surface area contributed by atoms with Crippen LogP contribution in [0.5, 0.6) is 0 Å². The van der Waals surface area contributed by atoms with Gasteiger partial charge in [0.25, 0.3) is 5.91 Å². The molecule has 1 atom stereocenters. The molecule has 4 aromatic rings. The minimum absolute atomic E-state index is 0.223. The summed E-state index contributed by atoms with van der Waals surface area (Å²) in [5, 5.41) is 4.43. The van der Waals surface area contributed by atoms with Crippen LogP contribution in [0.1, 0.15) is 64.8 Å². The maximum atomic E-state index is 13.8. The Morgan fingerprint density at radius 3 is 2.57 bits per heavy atom. The topological polar surface area (TPSA) is 68.3 Å². The van der Waals surface area contributed by atoms with Gasteiger partial charge in [-0.2, -0.15) is 0 Å². The van der Waals surface area contributed by atoms with Crippen LogP contribution < -0.4 is 5.32 Å². The molecular formula is C31H32N2O3S. The second-order valence-electron chi connectivity index (χ2n) is 10.4. The van der Waals surface area contributed by atoms with Gasteiger partial charge < -0.3 is 10.1 Å². The molecule has 0 radical (unpaired) electrons. The Morgan fingerprint density at radius 2 is 1.84 bits per heavy atom. The number of nitrogens with one attached hydrogen (secondary N) is 1. The van der Waals surface area contributed by atoms with E-state index in [4.69, 9.17) is 9.72 Å². The monoisotopic (exact) mass is 512 g/mol. The Morgan fingerprint density at radius 1 is 1.11 bits per heavy atom. The van der Waals surface area contributed by atoms with Crippen molar-refractivity contribution in [1.82, 2.24) is 4.98 Å². The van der Waals surface area contributed by atoms with E-state index in [9.17, 15) is 9.59 Å². The lowest BCUT2D eigenvalue weighted by Gasteiger charge is -2.36. The first kappa shape index (κ1) is 25.2. The van der Waals surface area contributed by atoms with Crippen LogP contribution in [0, 0.1) is 11.3 Å². The highest BCUT2D eigenvalue weighted by Gasteiger charge is 2.35. The molecule has 0 bridgehead atoms. The number of ether oxygens (including phenoxy) is 1. The fraction of sp³-hybridized carbons (Fsp3) is 0.323. The summed E-state index contributed by atoms with van der Waals surface area (Å²) >= 11 is 1.52. The quantitative estimate of drug-likeness (QED) is 0.271. The van der Waals surface area contributed by atoms with Crippen LogP contribution in [0.25, 0.3) is 22.2 Å². The van der Waals surface area contributed by atoms with Crippen LogP contribution in [0.15, 0.2) is 60.7 Å². The van der Waals surface area contributed by atoms with Gasteiger partial charge in [-0.05, 0) is 48.3 Å². The number of hydrogen-bond acceptors (Lipinski definition) is 5. The molecule has 0 saturated carbocycles. The number of benzene rings is 2. The van der Waals surface area contributed by atoms with E-state index in [1.165, 1.54) is 23.3 Å². The molecule has 5 nitrogen and oxygen atoms in total. The number of aromatic nitrogens is 1. The van der Waals surface area contributed by atoms with E-state index in [0.29, 0.717) is 22.0 Å². The maximum absolute atomic E-state index is 13.8. The fourth-order valence-corrected chi connectivity index (χ4v) is 6.55. The number of carbonyl (C=O) groups excluding carboxylic acids is 2. The molecule has 1 aliphatic rings. The molecule has 1 N–H and O–H groups in total. The van der Waals surface area contributed by atoms with Gasteiger partial charge in [-0.15, -0.1) is 11.3 Å². The second-order valence-corrected chi connectivity index (χ2v) is 11.5. The van der Waals surface area contributed by atoms with Gasteiger partial charge in [-0.1, -0.05) is 75.7 Å². The average molecular weight is 513 g/mol. The lowest BCUT2D eigenvalue weighted by Crippen LogP contribution is -2.28. The molecule has 190 valence electrons. The highest BCUT2D eigenvalue weighted by Crippen LogP contribution is 2.46. The number of amides is 1. The maximum Gasteiger partial charge on any atom is 0.341 e. The van der Waals surface area contributed by atoms with Gasteiger partial charge in [0.05, 0.1) is 29.4 Å². The van der Waals surface area contributed by atoms with E-state index in [-0.39, 0.29) is 11.3 Å². The SMILES string of the molecule is CCC(C)(C)C1CCc2c(sc(NC(=O)c3cc(-c4ccccc4)nc4ccccc34)c2C(=O)OC)C1. The molecule has 2 aromatic heterocycles. The molecule has 0 spiro atoms. The molecule has 0 fully saturated rings. The fourth-order valence-electron chi connectivity index (χ4n) is 5.24. The van der Waals surface area contributed by atoms with Crippen LogP contribution >= 0.6 is 11.3 Å². The summed E-state index contributed by atoms with van der Waals surface area (Å²) in [5.74, 6) is -0.120. The zero-order valence-electron chi connectivity index (χ0n) is 21.8. The number of nitrogens with zero attached hydrogens (tertiary/aromatic N) is 1. The van der Waals surface area contributed by atoms with Crippen molar-refractivity contribution in [2.45, 2.75) is 46.5 Å². The Hall–Kier alpha value is -3.51. The molecular weight excluding hydrogens is 480 g/mol. The van der Waals surface area contributed by atoms with Crippen molar-refractivity contribution < 1.29 is 14.3 Å². The summed E-state index contributed by atoms with van der Waals surface area (Å²) in [5.41, 5.74) is 4.70. The molecule has 1 unspecified atom stereocenters. The predicted molar refractivity (Wildman–Crippen MR) is 150 cm³/mol. The summed E-state index contributed by atoms with van der Waals surface area (Å²) in [6.07, 6.45) is 3.86. The molecule has 2 heterocycles. The zero-order valence-corrected chi connectivity index (χ0v) is 22.6. The van der Waals surface area contributed by atoms with E-state index in [1.54, 1.807) is 0 Å². The smallest absolute Gasteiger partial charge is 0.341 e. The van der Waals surface area contributed by atoms with E-state index >= 15 is 0 Å². The molecule has 2 aromatic carbocycles. The number of anilines is 1. The van der Waals surface area contributed by atoms with Crippen LogP contribution in [0.3, 0.4) is 0 Å². The Kier molecular flexibility index (Phi) is 6.86. The first-order valence-corrected chi connectivity index (χ1v) is 13.6. The summed E-state index contributed by atoms with van der Waals surface area (Å²) < 4.78 is 5.16. The minimum atomic E-state index is -0.398. The molecule has 37 heavy (non-hydrogen) atoms. The van der Waals surface area contributed by atoms with Crippen LogP contribution in [-0.4, -0.2) is 24.0 Å². The van der Waals surface area contributed by atoms with Gasteiger partial charge in [0.15, 0.2) is 0 Å². The van der Waals surface area contributed by atoms with E-state index in [2.05, 4.69) is 26.1 Å². The number of methoxy groups -OCH3 is 1. The van der Waals surface area contributed by atoms with E-state index in [1.807, 2.05) is 60.7 Å². The summed E-state index contributed by atoms with van der Waals surface area (Å²) in [6, 6.07) is 19.3. The summed E-state index contributed by atoms with van der Waals surface area (Å²) in [4.78, 5) is 32.6. The van der Waals surface area contributed by atoms with Crippen molar-refractivity contribution in [3.8, 4) is 11.3 Å². The molecule has 0 saturated heterocycles. The zero-order chi connectivity index (χ0) is 26.2. The van der Waals surface area contributed by atoms with Crippen molar-refractivity contribution in [3.63, 3.8) is 0 Å². The molecule has 5 rings (SSSR count). The summed E-state index contributed by atoms with van der Waals surface area (Å²) in [7, 11) is 1.40. The Bertz CT molecular complexity index is 1470. The van der Waals surface area contributed by atoms with Gasteiger partial charge in [-0.3, -0.25) is 4.79 Å². The standard InChI is InChI=1S/C31H32N2O3S/c1-5-31(2,3)20-15-16-22-26(17-20)37-29(27(22)30(35)36-4)33-28(34)23-18-25(19-11-7-6-8-12-19)32-24-14-10-9-13-21(23)24/h6-14,18,20H,5,15-17H2,1-4H3,(H,33,34). The van der Waals surface area contributed by atoms with Gasteiger partial charge >= 0.3 is 5.97 Å². The number of pyridine rings is 1. The predicted octanol–water partition coefficient (Wildman–Crippen LogP) is 7.54. The van der Waals surface area contributed by atoms with Crippen LogP contribution in [0.4, 0.5) is 5.00 Å². The van der Waals surface area contributed by atoms with Crippen LogP contribution in [-0.2, 0) is 17.6 Å². The van der Waals surface area contributed by atoms with Crippen molar-refractivity contribution >= 4 is 39.1 Å². The lowest BCUT2D eigenvalue weighted by molar-refractivity contribution is 0.0600. The Balaban J connectivity index is 1.55. The van der Waals surface area contributed by atoms with Gasteiger partial charge in [0.2, 0.25) is 0 Å². The van der Waals surface area contributed by atoms with Crippen molar-refractivity contribution in [1.29, 1.82) is 0 Å². The molecule has 0 aliphatic heterocycles. The second kappa shape index (κ2) is 10.1. The van der Waals surface area contributed by atoms with Crippen molar-refractivity contribution in [2.75, 3.05) is 12.4 Å². The van der Waals surface area contributed by atoms with Gasteiger partial charge in [-0.25, -0.2) is 9.78 Å². The number of rotatable bonds is 6. The number of hydrogen-bond donors (Lipinski definition) is 1. The normalized spacial score (nSPS) is 15.3. The number of esters is 1. The molecule has 6 heteroatoms. The third-order valence-corrected chi connectivity index (χ3v) is 9.10. The van der Waals surface area contributed by atoms with E-state index < -0.39 is 5.97 Å². The van der Waals surface area contributed by atoms with E-state index in [0.717, 1.165) is 53.4 Å². The largest absolute Gasteiger partial charge is 0.465 e. The number of carbonyl (C=O) groups is 2. The number of fused-ring (bicyclic) bond motifs is 2. The van der Waals surface area contributed by atoms with Crippen molar-refractivity contribution in [2.24, 2.45) is 11.3 Å². The van der Waals surface area contributed by atoms with Crippen LogP contribution in [0.2, 0.25) is 0 Å². The Labute approximate surface area is 221 Å². The number of thiophene rings is 1. The molecule has 1 aliphatic carbocycles. The average Bonchev–Trinajstić information content (AvgIpc) is 3.29. The van der Waals surface area contributed by atoms with Crippen molar-refractivity contribution in [3.05, 3.63) is 82.2 Å². The highest BCUT2D eigenvalue weighted by molar-refractivity contribution is 7.17. The third kappa shape index (κ3) is 4.78. The highest BCUT2D eigenvalue weighted by atomic mass is 32.1. The first-order chi connectivity index (χ1) is 17.8. The van der Waals surface area contributed by atoms with Gasteiger partial charge in [0.1, 0.15) is 5.00 Å².